The molecule has 0 spiro atoms. The van der Waals surface area contributed by atoms with E-state index in [1.165, 1.54) is 53.9 Å². The monoisotopic (exact) mass is 330 g/mol. The fraction of sp³-hybridized carbons (Fsp3) is 0.391. The number of rotatable bonds is 3. The van der Waals surface area contributed by atoms with Crippen LogP contribution in [0.4, 0.5) is 0 Å². The molecule has 1 aliphatic carbocycles. The van der Waals surface area contributed by atoms with Gasteiger partial charge in [0.05, 0.1) is 0 Å². The first-order valence-electron chi connectivity index (χ1n) is 9.77. The lowest BCUT2D eigenvalue weighted by molar-refractivity contribution is 0.0856. The topological polar surface area (TPSA) is 15.3 Å². The van der Waals surface area contributed by atoms with Gasteiger partial charge in [0.25, 0.3) is 0 Å². The second kappa shape index (κ2) is 6.44. The lowest BCUT2D eigenvalue weighted by Crippen LogP contribution is -2.48. The van der Waals surface area contributed by atoms with Crippen molar-refractivity contribution in [2.45, 2.75) is 25.3 Å². The summed E-state index contributed by atoms with van der Waals surface area (Å²) < 4.78 is 0. The summed E-state index contributed by atoms with van der Waals surface area (Å²) in [6.07, 6.45) is 4.16. The van der Waals surface area contributed by atoms with Crippen LogP contribution in [0.3, 0.4) is 0 Å². The first-order valence-corrected chi connectivity index (χ1v) is 9.77. The Morgan fingerprint density at radius 1 is 0.840 bits per heavy atom. The van der Waals surface area contributed by atoms with Crippen LogP contribution in [0.1, 0.15) is 30.9 Å². The molecule has 1 saturated heterocycles. The van der Waals surface area contributed by atoms with Gasteiger partial charge < -0.3 is 5.32 Å². The first kappa shape index (κ1) is 15.4. The minimum Gasteiger partial charge on any atom is -0.314 e. The maximum Gasteiger partial charge on any atom is 0.0389 e. The Hall–Kier alpha value is -1.90. The highest BCUT2D eigenvalue weighted by Crippen LogP contribution is 2.46. The van der Waals surface area contributed by atoms with Gasteiger partial charge in [0.2, 0.25) is 0 Å². The average molecular weight is 330 g/mol. The Labute approximate surface area is 149 Å². The smallest absolute Gasteiger partial charge is 0.0389 e. The molecule has 5 rings (SSSR count). The molecule has 0 unspecified atom stereocenters. The molecule has 3 aromatic carbocycles. The lowest BCUT2D eigenvalue weighted by atomic mass is 9.74. The highest BCUT2D eigenvalue weighted by atomic mass is 15.2. The number of hydrogen-bond donors (Lipinski definition) is 1. The molecule has 2 heteroatoms. The molecule has 1 saturated carbocycles. The molecule has 3 aromatic rings. The van der Waals surface area contributed by atoms with E-state index in [1.54, 1.807) is 5.56 Å². The molecule has 1 atom stereocenters. The standard InChI is InChI=1S/C23H26N2/c1-3-10-20-18(6-1)16-19-7-2-4-11-21(19)22(20)23(17-8-5-9-17)25-14-12-24-13-15-25/h1-4,6-7,10-11,16-17,23-24H,5,8-9,12-15H2/t23-/m1/s1. The van der Waals surface area contributed by atoms with E-state index in [-0.39, 0.29) is 0 Å². The van der Waals surface area contributed by atoms with Crippen LogP contribution in [-0.4, -0.2) is 31.1 Å². The van der Waals surface area contributed by atoms with Gasteiger partial charge in [-0.1, -0.05) is 55.0 Å². The number of nitrogens with one attached hydrogen (secondary N) is 1. The Balaban J connectivity index is 1.76. The molecule has 0 radical (unpaired) electrons. The maximum atomic E-state index is 3.53. The second-order valence-corrected chi connectivity index (χ2v) is 7.65. The van der Waals surface area contributed by atoms with Crippen molar-refractivity contribution in [2.24, 2.45) is 5.92 Å². The molecular formula is C23H26N2. The van der Waals surface area contributed by atoms with Crippen LogP contribution in [0.15, 0.2) is 54.6 Å². The molecule has 25 heavy (non-hydrogen) atoms. The third-order valence-electron chi connectivity index (χ3n) is 6.25. The van der Waals surface area contributed by atoms with Crippen LogP contribution in [0, 0.1) is 5.92 Å². The number of benzene rings is 3. The van der Waals surface area contributed by atoms with Crippen LogP contribution >= 0.6 is 0 Å². The van der Waals surface area contributed by atoms with Crippen molar-refractivity contribution < 1.29 is 0 Å². The van der Waals surface area contributed by atoms with Crippen LogP contribution < -0.4 is 5.32 Å². The van der Waals surface area contributed by atoms with Gasteiger partial charge in [0, 0.05) is 32.2 Å². The minimum absolute atomic E-state index is 0.562. The Morgan fingerprint density at radius 2 is 1.44 bits per heavy atom. The zero-order valence-electron chi connectivity index (χ0n) is 14.7. The summed E-state index contributed by atoms with van der Waals surface area (Å²) in [4.78, 5) is 2.76. The van der Waals surface area contributed by atoms with Crippen molar-refractivity contribution >= 4 is 21.5 Å². The number of piperazine rings is 1. The summed E-state index contributed by atoms with van der Waals surface area (Å²) in [5, 5.41) is 9.21. The molecular weight excluding hydrogens is 304 g/mol. The molecule has 1 heterocycles. The zero-order chi connectivity index (χ0) is 16.6. The minimum atomic E-state index is 0.562. The van der Waals surface area contributed by atoms with Gasteiger partial charge in [-0.25, -0.2) is 0 Å². The average Bonchev–Trinajstić information content (AvgIpc) is 2.63. The second-order valence-electron chi connectivity index (χ2n) is 7.65. The van der Waals surface area contributed by atoms with Crippen molar-refractivity contribution in [3.8, 4) is 0 Å². The maximum absolute atomic E-state index is 3.53. The van der Waals surface area contributed by atoms with Gasteiger partial charge >= 0.3 is 0 Å². The number of hydrogen-bond acceptors (Lipinski definition) is 2. The summed E-state index contributed by atoms with van der Waals surface area (Å²) in [6.45, 7) is 4.56. The molecule has 128 valence electrons. The number of fused-ring (bicyclic) bond motifs is 2. The van der Waals surface area contributed by atoms with E-state index in [1.807, 2.05) is 0 Å². The molecule has 1 N–H and O–H groups in total. The van der Waals surface area contributed by atoms with Crippen molar-refractivity contribution in [2.75, 3.05) is 26.2 Å². The van der Waals surface area contributed by atoms with E-state index in [9.17, 15) is 0 Å². The summed E-state index contributed by atoms with van der Waals surface area (Å²) >= 11 is 0. The summed E-state index contributed by atoms with van der Waals surface area (Å²) in [7, 11) is 0. The summed E-state index contributed by atoms with van der Waals surface area (Å²) in [5.41, 5.74) is 1.58. The van der Waals surface area contributed by atoms with Crippen molar-refractivity contribution in [1.82, 2.24) is 10.2 Å². The Morgan fingerprint density at radius 3 is 2.00 bits per heavy atom. The predicted octanol–water partition coefficient (Wildman–Crippen LogP) is 4.74. The summed E-state index contributed by atoms with van der Waals surface area (Å²) in [5.74, 6) is 0.812. The molecule has 0 amide bonds. The van der Waals surface area contributed by atoms with Crippen molar-refractivity contribution in [3.63, 3.8) is 0 Å². The van der Waals surface area contributed by atoms with Crippen molar-refractivity contribution in [1.29, 1.82) is 0 Å². The lowest BCUT2D eigenvalue weighted by Gasteiger charge is -2.44. The van der Waals surface area contributed by atoms with Gasteiger partial charge in [0.15, 0.2) is 0 Å². The van der Waals surface area contributed by atoms with Gasteiger partial charge in [-0.05, 0) is 51.9 Å². The van der Waals surface area contributed by atoms with E-state index in [4.69, 9.17) is 0 Å². The number of nitrogens with zero attached hydrogens (tertiary/aromatic N) is 1. The van der Waals surface area contributed by atoms with Crippen LogP contribution in [-0.2, 0) is 0 Å². The highest BCUT2D eigenvalue weighted by Gasteiger charge is 2.35. The first-order chi connectivity index (χ1) is 12.4. The van der Waals surface area contributed by atoms with Crippen LogP contribution in [0.5, 0.6) is 0 Å². The molecule has 0 bridgehead atoms. The quantitative estimate of drug-likeness (QED) is 0.698. The summed E-state index contributed by atoms with van der Waals surface area (Å²) in [6, 6.07) is 20.9. The molecule has 2 nitrogen and oxygen atoms in total. The van der Waals surface area contributed by atoms with Gasteiger partial charge in [-0.15, -0.1) is 0 Å². The fourth-order valence-electron chi connectivity index (χ4n) is 4.80. The normalized spacial score (nSPS) is 20.6. The SMILES string of the molecule is c1ccc2c([C@@H](C3CCC3)N3CCNCC3)c3ccccc3cc2c1. The van der Waals surface area contributed by atoms with E-state index < -0.39 is 0 Å². The van der Waals surface area contributed by atoms with Gasteiger partial charge in [0.1, 0.15) is 0 Å². The third-order valence-corrected chi connectivity index (χ3v) is 6.25. The van der Waals surface area contributed by atoms with Gasteiger partial charge in [-0.3, -0.25) is 4.90 Å². The third kappa shape index (κ3) is 2.65. The Bertz CT molecular complexity index is 837. The van der Waals surface area contributed by atoms with Crippen molar-refractivity contribution in [3.05, 3.63) is 60.2 Å². The predicted molar refractivity (Wildman–Crippen MR) is 106 cm³/mol. The largest absolute Gasteiger partial charge is 0.314 e. The van der Waals surface area contributed by atoms with E-state index in [2.05, 4.69) is 64.8 Å². The zero-order valence-corrected chi connectivity index (χ0v) is 14.7. The van der Waals surface area contributed by atoms with Crippen LogP contribution in [0.2, 0.25) is 0 Å². The van der Waals surface area contributed by atoms with E-state index in [0.717, 1.165) is 19.0 Å². The highest BCUT2D eigenvalue weighted by molar-refractivity contribution is 6.02. The molecule has 1 aliphatic heterocycles. The van der Waals surface area contributed by atoms with E-state index >= 15 is 0 Å². The van der Waals surface area contributed by atoms with Crippen LogP contribution in [0.25, 0.3) is 21.5 Å². The Kier molecular flexibility index (Phi) is 3.95. The fourth-order valence-corrected chi connectivity index (χ4v) is 4.80. The molecule has 2 aliphatic rings. The molecule has 2 fully saturated rings. The molecule has 0 aromatic heterocycles. The van der Waals surface area contributed by atoms with E-state index in [0.29, 0.717) is 6.04 Å². The van der Waals surface area contributed by atoms with Gasteiger partial charge in [-0.2, -0.15) is 0 Å².